The summed E-state index contributed by atoms with van der Waals surface area (Å²) in [5.74, 6) is 0.540. The summed E-state index contributed by atoms with van der Waals surface area (Å²) in [6, 6.07) is 12.6. The molecule has 4 heterocycles. The van der Waals surface area contributed by atoms with Gasteiger partial charge in [-0.1, -0.05) is 12.1 Å². The second kappa shape index (κ2) is 7.69. The summed E-state index contributed by atoms with van der Waals surface area (Å²) >= 11 is 0. The van der Waals surface area contributed by atoms with Crippen molar-refractivity contribution < 1.29 is 4.79 Å². The maximum Gasteiger partial charge on any atom is 0.321 e. The van der Waals surface area contributed by atoms with Crippen molar-refractivity contribution in [2.45, 2.75) is 39.3 Å². The highest BCUT2D eigenvalue weighted by atomic mass is 16.2. The van der Waals surface area contributed by atoms with E-state index in [-0.39, 0.29) is 6.03 Å². The third kappa shape index (κ3) is 4.14. The first-order valence-electron chi connectivity index (χ1n) is 9.85. The molecule has 0 saturated carbocycles. The van der Waals surface area contributed by atoms with Gasteiger partial charge < -0.3 is 10.2 Å². The van der Waals surface area contributed by atoms with Gasteiger partial charge in [0.25, 0.3) is 0 Å². The van der Waals surface area contributed by atoms with Crippen molar-refractivity contribution in [1.82, 2.24) is 14.8 Å². The molecule has 2 bridgehead atoms. The highest BCUT2D eigenvalue weighted by Crippen LogP contribution is 2.29. The Bertz CT molecular complexity index is 807. The van der Waals surface area contributed by atoms with Crippen molar-refractivity contribution in [3.63, 3.8) is 0 Å². The van der Waals surface area contributed by atoms with Crippen LogP contribution in [-0.2, 0) is 6.54 Å². The molecule has 5 heteroatoms. The summed E-state index contributed by atoms with van der Waals surface area (Å²) in [5.41, 5.74) is 4.43. The lowest BCUT2D eigenvalue weighted by Crippen LogP contribution is -2.44. The van der Waals surface area contributed by atoms with Gasteiger partial charge in [-0.3, -0.25) is 9.88 Å². The summed E-state index contributed by atoms with van der Waals surface area (Å²) < 4.78 is 0. The van der Waals surface area contributed by atoms with Crippen LogP contribution < -0.4 is 5.32 Å². The number of urea groups is 1. The molecule has 1 aromatic heterocycles. The van der Waals surface area contributed by atoms with Crippen molar-refractivity contribution in [3.05, 3.63) is 59.4 Å². The minimum absolute atomic E-state index is 0.0230. The van der Waals surface area contributed by atoms with Gasteiger partial charge in [-0.05, 0) is 68.0 Å². The molecule has 0 radical (unpaired) electrons. The van der Waals surface area contributed by atoms with E-state index in [1.165, 1.54) is 17.5 Å². The van der Waals surface area contributed by atoms with Gasteiger partial charge in [-0.15, -0.1) is 0 Å². The molecule has 0 aliphatic carbocycles. The van der Waals surface area contributed by atoms with Crippen LogP contribution in [0.3, 0.4) is 0 Å². The number of rotatable bonds is 3. The number of aromatic nitrogens is 1. The van der Waals surface area contributed by atoms with E-state index in [9.17, 15) is 4.79 Å². The molecule has 3 aliphatic heterocycles. The van der Waals surface area contributed by atoms with Crippen LogP contribution in [0.4, 0.5) is 10.5 Å². The molecule has 5 rings (SSSR count). The summed E-state index contributed by atoms with van der Waals surface area (Å²) in [4.78, 5) is 21.9. The van der Waals surface area contributed by atoms with Crippen LogP contribution in [0.15, 0.2) is 42.6 Å². The van der Waals surface area contributed by atoms with Gasteiger partial charge in [0.1, 0.15) is 0 Å². The van der Waals surface area contributed by atoms with Crippen LogP contribution in [0.1, 0.15) is 29.7 Å². The molecule has 142 valence electrons. The lowest BCUT2D eigenvalue weighted by molar-refractivity contribution is 0.123. The predicted molar refractivity (Wildman–Crippen MR) is 108 cm³/mol. The number of anilines is 1. The zero-order valence-electron chi connectivity index (χ0n) is 16.2. The number of hydrogen-bond donors (Lipinski definition) is 1. The lowest BCUT2D eigenvalue weighted by atomic mass is 9.95. The first-order valence-corrected chi connectivity index (χ1v) is 9.85. The maximum atomic E-state index is 12.9. The Labute approximate surface area is 161 Å². The van der Waals surface area contributed by atoms with E-state index in [1.54, 1.807) is 0 Å². The van der Waals surface area contributed by atoms with Gasteiger partial charge in [0.2, 0.25) is 0 Å². The predicted octanol–water partition coefficient (Wildman–Crippen LogP) is 3.83. The van der Waals surface area contributed by atoms with Crippen molar-refractivity contribution in [2.24, 2.45) is 5.92 Å². The van der Waals surface area contributed by atoms with E-state index in [4.69, 9.17) is 0 Å². The summed E-state index contributed by atoms with van der Waals surface area (Å²) in [6.45, 7) is 7.71. The van der Waals surface area contributed by atoms with Crippen LogP contribution in [-0.4, -0.2) is 46.5 Å². The topological polar surface area (TPSA) is 48.5 Å². The Morgan fingerprint density at radius 2 is 2.00 bits per heavy atom. The highest BCUT2D eigenvalue weighted by Gasteiger charge is 2.36. The largest absolute Gasteiger partial charge is 0.323 e. The Balaban J connectivity index is 1.43. The van der Waals surface area contributed by atoms with Crippen LogP contribution in [0.2, 0.25) is 0 Å². The van der Waals surface area contributed by atoms with E-state index < -0.39 is 0 Å². The second-order valence-corrected chi connectivity index (χ2v) is 7.98. The molecule has 27 heavy (non-hydrogen) atoms. The molecule has 2 atom stereocenters. The van der Waals surface area contributed by atoms with Crippen molar-refractivity contribution >= 4 is 11.7 Å². The van der Waals surface area contributed by atoms with E-state index in [1.807, 2.05) is 35.4 Å². The summed E-state index contributed by atoms with van der Waals surface area (Å²) in [7, 11) is 0. The number of carbonyl (C=O) groups is 1. The molecular weight excluding hydrogens is 336 g/mol. The smallest absolute Gasteiger partial charge is 0.321 e. The molecule has 2 aromatic rings. The van der Waals surface area contributed by atoms with Gasteiger partial charge in [0, 0.05) is 44.1 Å². The monoisotopic (exact) mass is 364 g/mol. The van der Waals surface area contributed by atoms with Gasteiger partial charge in [0.15, 0.2) is 0 Å². The molecule has 3 aliphatic rings. The van der Waals surface area contributed by atoms with Crippen LogP contribution >= 0.6 is 0 Å². The molecular formula is C22H28N4O. The zero-order valence-corrected chi connectivity index (χ0v) is 16.2. The number of fused-ring (bicyclic) bond motifs is 4. The number of piperidine rings is 1. The Morgan fingerprint density at radius 1 is 1.11 bits per heavy atom. The van der Waals surface area contributed by atoms with E-state index in [2.05, 4.69) is 41.2 Å². The standard InChI is InChI=1S/C22H28N4O/c1-16-6-8-19(11-17(16)2)24-22(27)26-13-18-7-9-21(15-26)25(12-18)14-20-5-3-4-10-23-20/h3-6,8,10-11,18,21H,7,9,12-15H2,1-2H3,(H,24,27)/t18-,21-/m0/s1. The number of aryl methyl sites for hydroxylation is 2. The fraction of sp³-hybridized carbons (Fsp3) is 0.455. The zero-order chi connectivity index (χ0) is 18.8. The van der Waals surface area contributed by atoms with E-state index in [0.717, 1.165) is 44.0 Å². The molecule has 0 spiro atoms. The lowest BCUT2D eigenvalue weighted by Gasteiger charge is -2.35. The average Bonchev–Trinajstić information content (AvgIpc) is 2.98. The van der Waals surface area contributed by atoms with Crippen molar-refractivity contribution in [2.75, 3.05) is 25.0 Å². The number of amides is 2. The van der Waals surface area contributed by atoms with Gasteiger partial charge in [0.05, 0.1) is 5.69 Å². The minimum Gasteiger partial charge on any atom is -0.323 e. The molecule has 3 saturated heterocycles. The highest BCUT2D eigenvalue weighted by molar-refractivity contribution is 5.89. The average molecular weight is 364 g/mol. The molecule has 3 fully saturated rings. The number of carbonyl (C=O) groups excluding carboxylic acids is 1. The summed E-state index contributed by atoms with van der Waals surface area (Å²) in [6.07, 6.45) is 4.22. The molecule has 1 aromatic carbocycles. The Kier molecular flexibility index (Phi) is 5.12. The number of hydrogen-bond acceptors (Lipinski definition) is 3. The van der Waals surface area contributed by atoms with Crippen LogP contribution in [0.5, 0.6) is 0 Å². The number of nitrogens with zero attached hydrogens (tertiary/aromatic N) is 3. The van der Waals surface area contributed by atoms with E-state index in [0.29, 0.717) is 12.0 Å². The van der Waals surface area contributed by atoms with Crippen LogP contribution in [0.25, 0.3) is 0 Å². The second-order valence-electron chi connectivity index (χ2n) is 7.98. The molecule has 1 N–H and O–H groups in total. The maximum absolute atomic E-state index is 12.9. The number of pyridine rings is 1. The van der Waals surface area contributed by atoms with E-state index >= 15 is 0 Å². The number of nitrogens with one attached hydrogen (secondary N) is 1. The van der Waals surface area contributed by atoms with Crippen LogP contribution in [0, 0.1) is 19.8 Å². The first kappa shape index (κ1) is 18.0. The van der Waals surface area contributed by atoms with Crippen molar-refractivity contribution in [1.29, 1.82) is 0 Å². The number of benzene rings is 1. The normalized spacial score (nSPS) is 22.5. The first-order chi connectivity index (χ1) is 13.1. The quantitative estimate of drug-likeness (QED) is 0.900. The fourth-order valence-corrected chi connectivity index (χ4v) is 4.26. The van der Waals surface area contributed by atoms with Gasteiger partial charge in [-0.25, -0.2) is 4.79 Å². The minimum atomic E-state index is 0.0230. The van der Waals surface area contributed by atoms with Gasteiger partial charge in [-0.2, -0.15) is 0 Å². The SMILES string of the molecule is Cc1ccc(NC(=O)N2C[C@H]3CC[C@@H](C2)N(Cc2ccccn2)C3)cc1C. The third-order valence-electron chi connectivity index (χ3n) is 5.96. The Morgan fingerprint density at radius 3 is 2.78 bits per heavy atom. The molecule has 2 amide bonds. The van der Waals surface area contributed by atoms with Crippen molar-refractivity contribution in [3.8, 4) is 0 Å². The molecule has 5 nitrogen and oxygen atoms in total. The third-order valence-corrected chi connectivity index (χ3v) is 5.96. The van der Waals surface area contributed by atoms with Gasteiger partial charge >= 0.3 is 6.03 Å². The Hall–Kier alpha value is -2.40. The summed E-state index contributed by atoms with van der Waals surface area (Å²) in [5, 5.41) is 3.10. The fourth-order valence-electron chi connectivity index (χ4n) is 4.26. The molecule has 0 unspecified atom stereocenters.